The Morgan fingerprint density at radius 1 is 0.913 bits per heavy atom. The first-order chi connectivity index (χ1) is 10.8. The predicted molar refractivity (Wildman–Crippen MR) is 95.9 cm³/mol. The molecule has 0 aliphatic rings. The van der Waals surface area contributed by atoms with Gasteiger partial charge in [-0.1, -0.05) is 25.1 Å². The molecule has 1 aromatic carbocycles. The number of hydrogen-bond acceptors (Lipinski definition) is 4. The maximum Gasteiger partial charge on any atom is 0.508 e. The molecule has 0 amide bonds. The monoisotopic (exact) mass is 340 g/mol. The van der Waals surface area contributed by atoms with E-state index in [1.54, 1.807) is 0 Å². The summed E-state index contributed by atoms with van der Waals surface area (Å²) < 4.78 is 24.3. The largest absolute Gasteiger partial charge is 0.508 e. The fourth-order valence-corrected chi connectivity index (χ4v) is 5.38. The number of benzene rings is 1. The maximum absolute atomic E-state index is 6.14. The van der Waals surface area contributed by atoms with Crippen molar-refractivity contribution in [3.05, 3.63) is 29.8 Å². The Morgan fingerprint density at radius 2 is 1.39 bits per heavy atom. The summed E-state index contributed by atoms with van der Waals surface area (Å²) in [4.78, 5) is 0. The van der Waals surface area contributed by atoms with E-state index in [1.165, 1.54) is 0 Å². The van der Waals surface area contributed by atoms with Gasteiger partial charge in [0.1, 0.15) is 11.4 Å². The van der Waals surface area contributed by atoms with E-state index >= 15 is 0 Å². The van der Waals surface area contributed by atoms with Crippen molar-refractivity contribution in [1.82, 2.24) is 0 Å². The van der Waals surface area contributed by atoms with E-state index in [0.29, 0.717) is 19.8 Å². The molecule has 0 aliphatic heterocycles. The molecular weight excluding hydrogens is 308 g/mol. The van der Waals surface area contributed by atoms with Crippen LogP contribution in [0.25, 0.3) is 0 Å². The summed E-state index contributed by atoms with van der Waals surface area (Å²) in [5.41, 5.74) is 0.813. The minimum atomic E-state index is -2.83. The molecular formula is C18H32O4Si. The molecule has 1 unspecified atom stereocenters. The Labute approximate surface area is 142 Å². The van der Waals surface area contributed by atoms with E-state index in [2.05, 4.69) is 13.0 Å². The second-order valence-electron chi connectivity index (χ2n) is 6.38. The quantitative estimate of drug-likeness (QED) is 0.618. The molecule has 0 aliphatic carbocycles. The van der Waals surface area contributed by atoms with Gasteiger partial charge in [-0.25, -0.2) is 0 Å². The van der Waals surface area contributed by atoms with Gasteiger partial charge in [0, 0.05) is 25.4 Å². The first-order valence-corrected chi connectivity index (χ1v) is 10.3. The smallest absolute Gasteiger partial charge is 0.488 e. The van der Waals surface area contributed by atoms with Crippen LogP contribution in [0.1, 0.15) is 59.6 Å². The molecule has 4 nitrogen and oxygen atoms in total. The first kappa shape index (κ1) is 20.2. The molecule has 1 atom stereocenters. The van der Waals surface area contributed by atoms with E-state index in [-0.39, 0.29) is 11.1 Å². The Balaban J connectivity index is 3.24. The summed E-state index contributed by atoms with van der Waals surface area (Å²) in [5.74, 6) is 0.864. The zero-order valence-corrected chi connectivity index (χ0v) is 16.6. The zero-order chi connectivity index (χ0) is 17.5. The number of rotatable bonds is 9. The second kappa shape index (κ2) is 8.83. The van der Waals surface area contributed by atoms with Gasteiger partial charge in [0.25, 0.3) is 0 Å². The van der Waals surface area contributed by atoms with Crippen molar-refractivity contribution in [3.63, 3.8) is 0 Å². The lowest BCUT2D eigenvalue weighted by Gasteiger charge is -2.35. The Bertz CT molecular complexity index is 453. The predicted octanol–water partition coefficient (Wildman–Crippen LogP) is 4.56. The molecule has 1 rings (SSSR count). The normalized spacial score (nSPS) is 13.9. The van der Waals surface area contributed by atoms with Crippen molar-refractivity contribution in [2.24, 2.45) is 0 Å². The van der Waals surface area contributed by atoms with Gasteiger partial charge >= 0.3 is 8.80 Å². The third-order valence-corrected chi connectivity index (χ3v) is 6.81. The van der Waals surface area contributed by atoms with Gasteiger partial charge in [0.2, 0.25) is 0 Å². The van der Waals surface area contributed by atoms with Crippen LogP contribution in [0.3, 0.4) is 0 Å². The summed E-state index contributed by atoms with van der Waals surface area (Å²) in [5, 5.41) is 0. The van der Waals surface area contributed by atoms with E-state index in [0.717, 1.165) is 11.3 Å². The van der Waals surface area contributed by atoms with Crippen LogP contribution in [-0.2, 0) is 13.3 Å². The van der Waals surface area contributed by atoms with Crippen LogP contribution in [0.15, 0.2) is 24.3 Å². The highest BCUT2D eigenvalue weighted by Crippen LogP contribution is 2.36. The Hall–Kier alpha value is -0.883. The van der Waals surface area contributed by atoms with Gasteiger partial charge in [-0.3, -0.25) is 0 Å². The van der Waals surface area contributed by atoms with Crippen molar-refractivity contribution < 1.29 is 18.0 Å². The molecule has 0 bridgehead atoms. The summed E-state index contributed by atoms with van der Waals surface area (Å²) in [6, 6.07) is 8.08. The van der Waals surface area contributed by atoms with Crippen LogP contribution in [0.5, 0.6) is 5.75 Å². The van der Waals surface area contributed by atoms with Gasteiger partial charge in [-0.05, 0) is 47.6 Å². The standard InChI is InChI=1S/C18H32O4Si/c1-8-19-23(20-9-2,21-10-3)15(4)16-13-11-12-14-17(16)22-18(5,6)7/h11-15H,8-10H2,1-7H3. The highest BCUT2D eigenvalue weighted by Gasteiger charge is 2.48. The van der Waals surface area contributed by atoms with Gasteiger partial charge in [-0.15, -0.1) is 0 Å². The van der Waals surface area contributed by atoms with Crippen molar-refractivity contribution in [1.29, 1.82) is 0 Å². The average Bonchev–Trinajstić information content (AvgIpc) is 2.46. The van der Waals surface area contributed by atoms with E-state index in [9.17, 15) is 0 Å². The van der Waals surface area contributed by atoms with Crippen molar-refractivity contribution in [2.45, 2.75) is 59.6 Å². The molecule has 0 saturated heterocycles. The third-order valence-electron chi connectivity index (χ3n) is 3.37. The van der Waals surface area contributed by atoms with E-state index in [1.807, 2.05) is 59.7 Å². The lowest BCUT2D eigenvalue weighted by Crippen LogP contribution is -2.51. The van der Waals surface area contributed by atoms with Gasteiger partial charge in [-0.2, -0.15) is 0 Å². The van der Waals surface area contributed by atoms with Crippen LogP contribution in [0.2, 0.25) is 0 Å². The van der Waals surface area contributed by atoms with Crippen LogP contribution in [-0.4, -0.2) is 34.2 Å². The Kier molecular flexibility index (Phi) is 7.74. The summed E-state index contributed by atoms with van der Waals surface area (Å²) >= 11 is 0. The first-order valence-electron chi connectivity index (χ1n) is 8.49. The van der Waals surface area contributed by atoms with Crippen LogP contribution >= 0.6 is 0 Å². The summed E-state index contributed by atoms with van der Waals surface area (Å²) in [6.07, 6.45) is 0. The maximum atomic E-state index is 6.14. The van der Waals surface area contributed by atoms with Crippen LogP contribution in [0, 0.1) is 0 Å². The second-order valence-corrected chi connectivity index (χ2v) is 9.32. The van der Waals surface area contributed by atoms with Crippen molar-refractivity contribution in [2.75, 3.05) is 19.8 Å². The van der Waals surface area contributed by atoms with Crippen LogP contribution in [0.4, 0.5) is 0 Å². The van der Waals surface area contributed by atoms with Crippen molar-refractivity contribution in [3.8, 4) is 5.75 Å². The third kappa shape index (κ3) is 5.60. The highest BCUT2D eigenvalue weighted by atomic mass is 28.4. The molecule has 0 spiro atoms. The molecule has 0 N–H and O–H groups in total. The van der Waals surface area contributed by atoms with Gasteiger partial charge in [0.15, 0.2) is 0 Å². The lowest BCUT2D eigenvalue weighted by atomic mass is 10.1. The molecule has 1 aromatic rings. The average molecular weight is 341 g/mol. The minimum Gasteiger partial charge on any atom is -0.488 e. The highest BCUT2D eigenvalue weighted by molar-refractivity contribution is 6.62. The fourth-order valence-electron chi connectivity index (χ4n) is 2.56. The lowest BCUT2D eigenvalue weighted by molar-refractivity contribution is 0.0621. The molecule has 5 heteroatoms. The van der Waals surface area contributed by atoms with Crippen molar-refractivity contribution >= 4 is 8.80 Å². The molecule has 0 aromatic heterocycles. The van der Waals surface area contributed by atoms with Gasteiger partial charge in [0.05, 0.1) is 5.54 Å². The molecule has 0 saturated carbocycles. The topological polar surface area (TPSA) is 36.9 Å². The minimum absolute atomic E-state index is 0.000833. The number of hydrogen-bond donors (Lipinski definition) is 0. The van der Waals surface area contributed by atoms with Crippen LogP contribution < -0.4 is 4.74 Å². The molecule has 132 valence electrons. The SMILES string of the molecule is CCO[Si](OCC)(OCC)C(C)c1ccccc1OC(C)(C)C. The van der Waals surface area contributed by atoms with Gasteiger partial charge < -0.3 is 18.0 Å². The molecule has 0 fully saturated rings. The molecule has 0 radical (unpaired) electrons. The number of ether oxygens (including phenoxy) is 1. The number of para-hydroxylation sites is 1. The molecule has 23 heavy (non-hydrogen) atoms. The molecule has 0 heterocycles. The Morgan fingerprint density at radius 3 is 1.83 bits per heavy atom. The summed E-state index contributed by atoms with van der Waals surface area (Å²) in [7, 11) is -2.83. The van der Waals surface area contributed by atoms with E-state index in [4.69, 9.17) is 18.0 Å². The summed E-state index contributed by atoms with van der Waals surface area (Å²) in [6.45, 7) is 15.9. The fraction of sp³-hybridized carbons (Fsp3) is 0.667. The zero-order valence-electron chi connectivity index (χ0n) is 15.6. The van der Waals surface area contributed by atoms with E-state index < -0.39 is 8.80 Å².